The van der Waals surface area contributed by atoms with Gasteiger partial charge in [-0.1, -0.05) is 12.5 Å². The van der Waals surface area contributed by atoms with Crippen LogP contribution in [-0.2, 0) is 0 Å². The topological polar surface area (TPSA) is 24.9 Å². The third-order valence-electron chi connectivity index (χ3n) is 4.33. The summed E-state index contributed by atoms with van der Waals surface area (Å²) in [6.07, 6.45) is 7.65. The average molecular weight is 216 g/mol. The van der Waals surface area contributed by atoms with Crippen LogP contribution in [0.2, 0.25) is 0 Å². The Labute approximate surface area is 97.5 Å². The van der Waals surface area contributed by atoms with E-state index in [1.54, 1.807) is 0 Å². The van der Waals surface area contributed by atoms with E-state index in [9.17, 15) is 0 Å². The largest absolute Gasteiger partial charge is 0.306 e. The molecule has 0 radical (unpaired) electrons. The number of nitrogens with zero attached hydrogens (tertiary/aromatic N) is 1. The molecule has 4 atom stereocenters. The second-order valence-electron chi connectivity index (χ2n) is 5.42. The average Bonchev–Trinajstić information content (AvgIpc) is 2.92. The van der Waals surface area contributed by atoms with Gasteiger partial charge in [0.1, 0.15) is 0 Å². The van der Waals surface area contributed by atoms with Gasteiger partial charge in [0.15, 0.2) is 0 Å². The van der Waals surface area contributed by atoms with Gasteiger partial charge < -0.3 is 5.32 Å². The molecule has 1 heterocycles. The Bertz CT molecular complexity index is 349. The van der Waals surface area contributed by atoms with Crippen molar-refractivity contribution in [3.05, 3.63) is 30.1 Å². The van der Waals surface area contributed by atoms with Crippen molar-refractivity contribution >= 4 is 0 Å². The van der Waals surface area contributed by atoms with Crippen molar-refractivity contribution < 1.29 is 0 Å². The molecule has 2 fully saturated rings. The van der Waals surface area contributed by atoms with E-state index in [1.165, 1.54) is 31.4 Å². The predicted molar refractivity (Wildman–Crippen MR) is 65.0 cm³/mol. The summed E-state index contributed by atoms with van der Waals surface area (Å²) in [5.74, 6) is 1.95. The third-order valence-corrected chi connectivity index (χ3v) is 4.33. The highest BCUT2D eigenvalue weighted by Crippen LogP contribution is 2.44. The summed E-state index contributed by atoms with van der Waals surface area (Å²) in [6, 6.07) is 7.31. The second-order valence-corrected chi connectivity index (χ2v) is 5.42. The molecular formula is C14H20N2. The first kappa shape index (κ1) is 10.3. The van der Waals surface area contributed by atoms with E-state index in [0.717, 1.165) is 17.9 Å². The predicted octanol–water partition coefficient (Wildman–Crippen LogP) is 2.92. The Balaban J connectivity index is 1.63. The minimum absolute atomic E-state index is 0.394. The van der Waals surface area contributed by atoms with Crippen LogP contribution in [0.5, 0.6) is 0 Å². The Morgan fingerprint density at radius 1 is 1.31 bits per heavy atom. The minimum Gasteiger partial charge on any atom is -0.306 e. The lowest BCUT2D eigenvalue weighted by atomic mass is 9.94. The highest BCUT2D eigenvalue weighted by molar-refractivity contribution is 5.08. The van der Waals surface area contributed by atoms with Crippen LogP contribution in [0.4, 0.5) is 0 Å². The SMILES string of the molecule is C[C@H](NC1CC2CCC1C2)c1ccccn1. The van der Waals surface area contributed by atoms with Gasteiger partial charge in [-0.15, -0.1) is 0 Å². The summed E-state index contributed by atoms with van der Waals surface area (Å²) in [7, 11) is 0. The zero-order valence-electron chi connectivity index (χ0n) is 9.89. The molecule has 2 saturated carbocycles. The maximum absolute atomic E-state index is 4.42. The van der Waals surface area contributed by atoms with Gasteiger partial charge in [0.2, 0.25) is 0 Å². The first-order chi connectivity index (χ1) is 7.83. The number of rotatable bonds is 3. The van der Waals surface area contributed by atoms with Crippen LogP contribution in [0, 0.1) is 11.8 Å². The van der Waals surface area contributed by atoms with Crippen molar-refractivity contribution in [1.29, 1.82) is 0 Å². The summed E-state index contributed by atoms with van der Waals surface area (Å²) in [5, 5.41) is 3.76. The summed E-state index contributed by atoms with van der Waals surface area (Å²) in [4.78, 5) is 4.42. The van der Waals surface area contributed by atoms with Crippen molar-refractivity contribution in [1.82, 2.24) is 10.3 Å². The van der Waals surface area contributed by atoms with E-state index >= 15 is 0 Å². The van der Waals surface area contributed by atoms with Gasteiger partial charge in [0.25, 0.3) is 0 Å². The molecule has 0 aliphatic heterocycles. The van der Waals surface area contributed by atoms with E-state index in [0.29, 0.717) is 6.04 Å². The number of nitrogens with one attached hydrogen (secondary N) is 1. The Hall–Kier alpha value is -0.890. The van der Waals surface area contributed by atoms with Gasteiger partial charge in [0, 0.05) is 18.3 Å². The molecule has 86 valence electrons. The van der Waals surface area contributed by atoms with Gasteiger partial charge in [-0.05, 0) is 50.2 Å². The molecule has 0 spiro atoms. The Kier molecular flexibility index (Phi) is 2.68. The minimum atomic E-state index is 0.394. The van der Waals surface area contributed by atoms with E-state index in [2.05, 4.69) is 29.4 Å². The van der Waals surface area contributed by atoms with Gasteiger partial charge in [-0.2, -0.15) is 0 Å². The Morgan fingerprint density at radius 3 is 2.88 bits per heavy atom. The molecule has 2 bridgehead atoms. The molecule has 3 unspecified atom stereocenters. The molecule has 0 aromatic carbocycles. The lowest BCUT2D eigenvalue weighted by Crippen LogP contribution is -2.36. The molecule has 1 aromatic heterocycles. The zero-order valence-corrected chi connectivity index (χ0v) is 9.89. The fourth-order valence-corrected chi connectivity index (χ4v) is 3.49. The smallest absolute Gasteiger partial charge is 0.0570 e. The third kappa shape index (κ3) is 1.86. The van der Waals surface area contributed by atoms with Crippen molar-refractivity contribution in [3.63, 3.8) is 0 Å². The van der Waals surface area contributed by atoms with E-state index in [4.69, 9.17) is 0 Å². The molecule has 2 aliphatic carbocycles. The highest BCUT2D eigenvalue weighted by atomic mass is 15.0. The van der Waals surface area contributed by atoms with Crippen LogP contribution in [0.25, 0.3) is 0 Å². The van der Waals surface area contributed by atoms with E-state index in [-0.39, 0.29) is 0 Å². The lowest BCUT2D eigenvalue weighted by molar-refractivity contribution is 0.325. The highest BCUT2D eigenvalue weighted by Gasteiger charge is 2.39. The van der Waals surface area contributed by atoms with Crippen LogP contribution >= 0.6 is 0 Å². The van der Waals surface area contributed by atoms with Crippen LogP contribution in [0.3, 0.4) is 0 Å². The molecule has 0 saturated heterocycles. The molecular weight excluding hydrogens is 196 g/mol. The first-order valence-electron chi connectivity index (χ1n) is 6.50. The quantitative estimate of drug-likeness (QED) is 0.840. The number of aromatic nitrogens is 1. The van der Waals surface area contributed by atoms with Crippen molar-refractivity contribution in [2.45, 2.75) is 44.7 Å². The maximum atomic E-state index is 4.42. The van der Waals surface area contributed by atoms with Crippen LogP contribution in [-0.4, -0.2) is 11.0 Å². The van der Waals surface area contributed by atoms with Crippen LogP contribution in [0.1, 0.15) is 44.3 Å². The molecule has 3 rings (SSSR count). The van der Waals surface area contributed by atoms with Crippen LogP contribution < -0.4 is 5.32 Å². The molecule has 16 heavy (non-hydrogen) atoms. The molecule has 0 amide bonds. The molecule has 2 nitrogen and oxygen atoms in total. The van der Waals surface area contributed by atoms with Gasteiger partial charge in [-0.25, -0.2) is 0 Å². The summed E-state index contributed by atoms with van der Waals surface area (Å²) >= 11 is 0. The summed E-state index contributed by atoms with van der Waals surface area (Å²) < 4.78 is 0. The van der Waals surface area contributed by atoms with Crippen molar-refractivity contribution in [2.24, 2.45) is 11.8 Å². The summed E-state index contributed by atoms with van der Waals surface area (Å²) in [6.45, 7) is 2.23. The Morgan fingerprint density at radius 2 is 2.25 bits per heavy atom. The molecule has 1 N–H and O–H groups in total. The maximum Gasteiger partial charge on any atom is 0.0570 e. The number of pyridine rings is 1. The van der Waals surface area contributed by atoms with Gasteiger partial charge in [-0.3, -0.25) is 4.98 Å². The lowest BCUT2D eigenvalue weighted by Gasteiger charge is -2.26. The van der Waals surface area contributed by atoms with Crippen LogP contribution in [0.15, 0.2) is 24.4 Å². The van der Waals surface area contributed by atoms with Crippen molar-refractivity contribution in [3.8, 4) is 0 Å². The van der Waals surface area contributed by atoms with Gasteiger partial charge in [0.05, 0.1) is 5.69 Å². The standard InChI is InChI=1S/C14H20N2/c1-10(13-4-2-3-7-15-13)16-14-9-11-5-6-12(14)8-11/h2-4,7,10-12,14,16H,5-6,8-9H2,1H3/t10-,11?,12?,14?/m0/s1. The summed E-state index contributed by atoms with van der Waals surface area (Å²) in [5.41, 5.74) is 1.17. The van der Waals surface area contributed by atoms with E-state index in [1.807, 2.05) is 12.3 Å². The first-order valence-corrected chi connectivity index (χ1v) is 6.50. The fraction of sp³-hybridized carbons (Fsp3) is 0.643. The zero-order chi connectivity index (χ0) is 11.0. The van der Waals surface area contributed by atoms with Crippen molar-refractivity contribution in [2.75, 3.05) is 0 Å². The number of hydrogen-bond donors (Lipinski definition) is 1. The number of hydrogen-bond acceptors (Lipinski definition) is 2. The van der Waals surface area contributed by atoms with E-state index < -0.39 is 0 Å². The number of fused-ring (bicyclic) bond motifs is 2. The molecule has 1 aromatic rings. The monoisotopic (exact) mass is 216 g/mol. The molecule has 2 heteroatoms. The second kappa shape index (κ2) is 4.17. The van der Waals surface area contributed by atoms with Gasteiger partial charge >= 0.3 is 0 Å². The molecule has 2 aliphatic rings. The fourth-order valence-electron chi connectivity index (χ4n) is 3.49. The normalized spacial score (nSPS) is 34.2.